The maximum atomic E-state index is 9.87. The van der Waals surface area contributed by atoms with E-state index < -0.39 is 0 Å². The fraction of sp³-hybridized carbons (Fsp3) is 0.123. The topological polar surface area (TPSA) is 54.1 Å². The lowest BCUT2D eigenvalue weighted by molar-refractivity contribution is 0.645. The van der Waals surface area contributed by atoms with Crippen LogP contribution in [0.25, 0.3) is 43.4 Å². The van der Waals surface area contributed by atoms with Crippen LogP contribution in [-0.4, -0.2) is 0 Å². The van der Waals surface area contributed by atoms with Crippen molar-refractivity contribution in [3.63, 3.8) is 0 Å². The third-order valence-corrected chi connectivity index (χ3v) is 12.8. The molecule has 0 radical (unpaired) electrons. The van der Waals surface area contributed by atoms with Crippen LogP contribution in [0.5, 0.6) is 0 Å². The van der Waals surface area contributed by atoms with E-state index in [1.165, 1.54) is 49.2 Å². The number of anilines is 6. The smallest absolute Gasteiger partial charge is 0.0991 e. The summed E-state index contributed by atoms with van der Waals surface area (Å²) in [6, 6.07) is 61.3. The van der Waals surface area contributed by atoms with E-state index in [1.807, 2.05) is 24.3 Å². The normalized spacial score (nSPS) is 12.5. The van der Waals surface area contributed by atoms with Gasteiger partial charge in [-0.15, -0.1) is 0 Å². The predicted octanol–water partition coefficient (Wildman–Crippen LogP) is 15.4. The monoisotopic (exact) mass is 784 g/mol. The van der Waals surface area contributed by atoms with Crippen molar-refractivity contribution < 1.29 is 0 Å². The summed E-state index contributed by atoms with van der Waals surface area (Å²) in [6.45, 7) is 13.2. The van der Waals surface area contributed by atoms with Crippen molar-refractivity contribution in [1.82, 2.24) is 0 Å². The molecule has 0 atom stereocenters. The molecular formula is C57H44N4. The van der Waals surface area contributed by atoms with E-state index in [-0.39, 0.29) is 5.41 Å². The minimum absolute atomic E-state index is 0.324. The van der Waals surface area contributed by atoms with Crippen LogP contribution in [0.15, 0.2) is 158 Å². The molecule has 0 heterocycles. The lowest BCUT2D eigenvalue weighted by Gasteiger charge is -2.37. The fourth-order valence-corrected chi connectivity index (χ4v) is 10.2. The van der Waals surface area contributed by atoms with Crippen LogP contribution in [-0.2, 0) is 5.41 Å². The SMILES string of the molecule is Cc1cc(C#N)cc(C)c1N(c1ccccc1)c1ccc2c(c1)C(C)(C)c1cccc3c1c-2cc1c2ccccc2c(N(c2ccccc2)c2c(C)cc(C#N)cc2C)cc31. The van der Waals surface area contributed by atoms with Crippen LogP contribution in [0.2, 0.25) is 0 Å². The maximum absolute atomic E-state index is 9.87. The second kappa shape index (κ2) is 14.3. The maximum Gasteiger partial charge on any atom is 0.0991 e. The molecule has 0 spiro atoms. The van der Waals surface area contributed by atoms with E-state index in [0.717, 1.165) is 61.8 Å². The summed E-state index contributed by atoms with van der Waals surface area (Å²) in [7, 11) is 0. The van der Waals surface area contributed by atoms with E-state index in [4.69, 9.17) is 0 Å². The molecule has 9 aromatic carbocycles. The van der Waals surface area contributed by atoms with E-state index in [1.54, 1.807) is 0 Å². The Hall–Kier alpha value is -7.66. The molecule has 1 aliphatic rings. The van der Waals surface area contributed by atoms with Crippen molar-refractivity contribution >= 4 is 66.4 Å². The van der Waals surface area contributed by atoms with Crippen LogP contribution in [0.4, 0.5) is 34.1 Å². The first kappa shape index (κ1) is 37.6. The molecule has 0 fully saturated rings. The number of rotatable bonds is 6. The molecule has 0 saturated carbocycles. The summed E-state index contributed by atoms with van der Waals surface area (Å²) in [5.41, 5.74) is 16.8. The molecule has 9 aromatic rings. The number of para-hydroxylation sites is 2. The quantitative estimate of drug-likeness (QED) is 0.158. The van der Waals surface area contributed by atoms with Gasteiger partial charge in [-0.2, -0.15) is 10.5 Å². The van der Waals surface area contributed by atoms with Crippen LogP contribution < -0.4 is 9.80 Å². The summed E-state index contributed by atoms with van der Waals surface area (Å²) in [5, 5.41) is 27.0. The zero-order valence-corrected chi connectivity index (χ0v) is 35.3. The van der Waals surface area contributed by atoms with Crippen molar-refractivity contribution in [1.29, 1.82) is 10.5 Å². The van der Waals surface area contributed by atoms with Gasteiger partial charge in [-0.25, -0.2) is 0 Å². The van der Waals surface area contributed by atoms with Gasteiger partial charge in [0, 0.05) is 27.9 Å². The molecule has 0 bridgehead atoms. The highest BCUT2D eigenvalue weighted by atomic mass is 15.2. The lowest BCUT2D eigenvalue weighted by atomic mass is 9.68. The van der Waals surface area contributed by atoms with Crippen LogP contribution >= 0.6 is 0 Å². The number of hydrogen-bond acceptors (Lipinski definition) is 4. The van der Waals surface area contributed by atoms with Gasteiger partial charge >= 0.3 is 0 Å². The average Bonchev–Trinajstić information content (AvgIpc) is 3.28. The Morgan fingerprint density at radius 3 is 1.51 bits per heavy atom. The number of fused-ring (bicyclic) bond motifs is 6. The molecule has 10 rings (SSSR count). The van der Waals surface area contributed by atoms with Crippen molar-refractivity contribution in [2.75, 3.05) is 9.80 Å². The predicted molar refractivity (Wildman–Crippen MR) is 254 cm³/mol. The minimum atomic E-state index is -0.324. The minimum Gasteiger partial charge on any atom is -0.310 e. The van der Waals surface area contributed by atoms with Gasteiger partial charge in [0.25, 0.3) is 0 Å². The summed E-state index contributed by atoms with van der Waals surface area (Å²) in [5.74, 6) is 0. The molecule has 4 heteroatoms. The van der Waals surface area contributed by atoms with Crippen LogP contribution in [0.1, 0.15) is 58.4 Å². The highest BCUT2D eigenvalue weighted by Gasteiger charge is 2.35. The molecule has 4 nitrogen and oxygen atoms in total. The highest BCUT2D eigenvalue weighted by molar-refractivity contribution is 6.25. The molecule has 61 heavy (non-hydrogen) atoms. The molecule has 0 unspecified atom stereocenters. The van der Waals surface area contributed by atoms with Gasteiger partial charge in [-0.05, 0) is 172 Å². The zero-order chi connectivity index (χ0) is 42.2. The fourth-order valence-electron chi connectivity index (χ4n) is 10.2. The highest BCUT2D eigenvalue weighted by Crippen LogP contribution is 2.54. The third kappa shape index (κ3) is 5.87. The largest absolute Gasteiger partial charge is 0.310 e. The Kier molecular flexibility index (Phi) is 8.79. The first-order valence-corrected chi connectivity index (χ1v) is 20.9. The Balaban J connectivity index is 1.24. The van der Waals surface area contributed by atoms with Gasteiger partial charge in [0.05, 0.1) is 40.3 Å². The molecule has 0 saturated heterocycles. The molecular weight excluding hydrogens is 741 g/mol. The average molecular weight is 785 g/mol. The van der Waals surface area contributed by atoms with Crippen molar-refractivity contribution in [2.45, 2.75) is 47.0 Å². The van der Waals surface area contributed by atoms with E-state index >= 15 is 0 Å². The molecule has 1 aliphatic carbocycles. The Morgan fingerprint density at radius 2 is 0.918 bits per heavy atom. The van der Waals surface area contributed by atoms with Crippen molar-refractivity contribution in [3.8, 4) is 23.3 Å². The number of nitrogens with zero attached hydrogens (tertiary/aromatic N) is 4. The molecule has 0 N–H and O–H groups in total. The molecule has 0 aromatic heterocycles. The summed E-state index contributed by atoms with van der Waals surface area (Å²) in [4.78, 5) is 4.74. The Morgan fingerprint density at radius 1 is 0.410 bits per heavy atom. The van der Waals surface area contributed by atoms with Gasteiger partial charge in [-0.3, -0.25) is 0 Å². The summed E-state index contributed by atoms with van der Waals surface area (Å²) < 4.78 is 0. The van der Waals surface area contributed by atoms with E-state index in [0.29, 0.717) is 11.1 Å². The Bertz CT molecular complexity index is 3300. The number of benzene rings is 9. The summed E-state index contributed by atoms with van der Waals surface area (Å²) in [6.07, 6.45) is 0. The van der Waals surface area contributed by atoms with Gasteiger partial charge < -0.3 is 9.80 Å². The van der Waals surface area contributed by atoms with Gasteiger partial charge in [0.15, 0.2) is 0 Å². The second-order valence-corrected chi connectivity index (χ2v) is 17.0. The standard InChI is InChI=1S/C57H44N4/c1-35-26-39(33-58)27-36(2)55(35)60(41-16-9-7-10-17-41)43-24-25-45-50-31-48-44-20-13-14-21-46(44)53(32-49(48)47-22-15-23-51(54(47)50)57(5,6)52(45)30-43)61(42-18-11-8-12-19-42)56-37(3)28-40(34-59)29-38(56)4/h7-32H,1-6H3. The summed E-state index contributed by atoms with van der Waals surface area (Å²) >= 11 is 0. The lowest BCUT2D eigenvalue weighted by Crippen LogP contribution is -2.24. The first-order chi connectivity index (χ1) is 29.6. The Labute approximate surface area is 357 Å². The molecule has 0 amide bonds. The molecule has 0 aliphatic heterocycles. The second-order valence-electron chi connectivity index (χ2n) is 17.0. The molecule has 292 valence electrons. The van der Waals surface area contributed by atoms with Crippen LogP contribution in [0.3, 0.4) is 0 Å². The number of nitriles is 2. The van der Waals surface area contributed by atoms with Gasteiger partial charge in [-0.1, -0.05) is 98.8 Å². The number of hydrogen-bond donors (Lipinski definition) is 0. The van der Waals surface area contributed by atoms with E-state index in [9.17, 15) is 10.5 Å². The van der Waals surface area contributed by atoms with E-state index in [2.05, 4.69) is 197 Å². The van der Waals surface area contributed by atoms with Gasteiger partial charge in [0.1, 0.15) is 0 Å². The van der Waals surface area contributed by atoms with Crippen molar-refractivity contribution in [3.05, 3.63) is 202 Å². The first-order valence-electron chi connectivity index (χ1n) is 20.9. The van der Waals surface area contributed by atoms with Crippen LogP contribution in [0, 0.1) is 50.4 Å². The van der Waals surface area contributed by atoms with Crippen molar-refractivity contribution in [2.24, 2.45) is 0 Å². The zero-order valence-electron chi connectivity index (χ0n) is 35.3. The van der Waals surface area contributed by atoms with Gasteiger partial charge in [0.2, 0.25) is 0 Å². The number of aryl methyl sites for hydroxylation is 4. The third-order valence-electron chi connectivity index (χ3n) is 12.8.